The number of nitrogens with one attached hydrogen (secondary N) is 1. The fourth-order valence-corrected chi connectivity index (χ4v) is 3.50. The molecule has 3 nitrogen and oxygen atoms in total. The van der Waals surface area contributed by atoms with Gasteiger partial charge in [-0.2, -0.15) is 0 Å². The van der Waals surface area contributed by atoms with Crippen LogP contribution in [-0.2, 0) is 4.79 Å². The van der Waals surface area contributed by atoms with E-state index in [1.807, 2.05) is 0 Å². The van der Waals surface area contributed by atoms with Crippen LogP contribution in [0.5, 0.6) is 0 Å². The van der Waals surface area contributed by atoms with Crippen LogP contribution in [-0.4, -0.2) is 36.5 Å². The number of hydrogen-bond donors (Lipinski definition) is 1. The molecule has 19 heavy (non-hydrogen) atoms. The SMILES string of the molecule is CCN1CCC(NC(=O)CCC2CCCCC2)CC1. The Labute approximate surface area is 118 Å². The monoisotopic (exact) mass is 266 g/mol. The van der Waals surface area contributed by atoms with Gasteiger partial charge in [0.15, 0.2) is 0 Å². The fourth-order valence-electron chi connectivity index (χ4n) is 3.50. The minimum Gasteiger partial charge on any atom is -0.353 e. The van der Waals surface area contributed by atoms with Crippen LogP contribution < -0.4 is 5.32 Å². The molecule has 0 atom stereocenters. The zero-order valence-corrected chi connectivity index (χ0v) is 12.5. The van der Waals surface area contributed by atoms with Gasteiger partial charge in [0.1, 0.15) is 0 Å². The second-order valence-corrected chi connectivity index (χ2v) is 6.32. The Morgan fingerprint density at radius 1 is 1.11 bits per heavy atom. The van der Waals surface area contributed by atoms with Crippen LogP contribution in [0.15, 0.2) is 0 Å². The lowest BCUT2D eigenvalue weighted by Gasteiger charge is -2.31. The molecule has 0 spiro atoms. The van der Waals surface area contributed by atoms with Crippen LogP contribution in [0.1, 0.15) is 64.7 Å². The Morgan fingerprint density at radius 2 is 1.79 bits per heavy atom. The van der Waals surface area contributed by atoms with Crippen molar-refractivity contribution in [3.05, 3.63) is 0 Å². The molecule has 2 rings (SSSR count). The first-order chi connectivity index (χ1) is 9.28. The van der Waals surface area contributed by atoms with E-state index in [1.165, 1.54) is 32.1 Å². The quantitative estimate of drug-likeness (QED) is 0.830. The molecule has 1 saturated heterocycles. The molecule has 0 aromatic rings. The average molecular weight is 266 g/mol. The fraction of sp³-hybridized carbons (Fsp3) is 0.938. The molecule has 0 bridgehead atoms. The lowest BCUT2D eigenvalue weighted by atomic mass is 9.86. The van der Waals surface area contributed by atoms with Crippen LogP contribution in [0.2, 0.25) is 0 Å². The Kier molecular flexibility index (Phi) is 6.15. The first kappa shape index (κ1) is 14.8. The minimum absolute atomic E-state index is 0.292. The Balaban J connectivity index is 1.59. The van der Waals surface area contributed by atoms with E-state index in [-0.39, 0.29) is 0 Å². The zero-order valence-electron chi connectivity index (χ0n) is 12.5. The summed E-state index contributed by atoms with van der Waals surface area (Å²) in [5.74, 6) is 1.11. The van der Waals surface area contributed by atoms with E-state index in [9.17, 15) is 4.79 Å². The Bertz CT molecular complexity index is 266. The topological polar surface area (TPSA) is 32.3 Å². The van der Waals surface area contributed by atoms with Crippen molar-refractivity contribution in [1.82, 2.24) is 10.2 Å². The van der Waals surface area contributed by atoms with Gasteiger partial charge in [-0.05, 0) is 31.7 Å². The largest absolute Gasteiger partial charge is 0.353 e. The first-order valence-electron chi connectivity index (χ1n) is 8.29. The van der Waals surface area contributed by atoms with E-state index in [1.54, 1.807) is 0 Å². The molecule has 1 aliphatic heterocycles. The number of likely N-dealkylation sites (tertiary alicyclic amines) is 1. The molecule has 1 N–H and O–H groups in total. The van der Waals surface area contributed by atoms with Crippen LogP contribution in [0.4, 0.5) is 0 Å². The Morgan fingerprint density at radius 3 is 2.42 bits per heavy atom. The summed E-state index contributed by atoms with van der Waals surface area (Å²) in [5, 5.41) is 3.24. The van der Waals surface area contributed by atoms with Gasteiger partial charge in [0.2, 0.25) is 5.91 Å². The van der Waals surface area contributed by atoms with Crippen molar-refractivity contribution in [3.8, 4) is 0 Å². The highest BCUT2D eigenvalue weighted by atomic mass is 16.1. The number of carbonyl (C=O) groups excluding carboxylic acids is 1. The van der Waals surface area contributed by atoms with Gasteiger partial charge < -0.3 is 10.2 Å². The number of carbonyl (C=O) groups is 1. The maximum atomic E-state index is 12.0. The van der Waals surface area contributed by atoms with Gasteiger partial charge in [-0.3, -0.25) is 4.79 Å². The maximum Gasteiger partial charge on any atom is 0.220 e. The summed E-state index contributed by atoms with van der Waals surface area (Å²) in [6.45, 7) is 5.64. The lowest BCUT2D eigenvalue weighted by molar-refractivity contribution is -0.122. The van der Waals surface area contributed by atoms with Gasteiger partial charge in [0.25, 0.3) is 0 Å². The van der Waals surface area contributed by atoms with Crippen molar-refractivity contribution in [1.29, 1.82) is 0 Å². The second-order valence-electron chi connectivity index (χ2n) is 6.32. The average Bonchev–Trinajstić information content (AvgIpc) is 2.47. The van der Waals surface area contributed by atoms with E-state index in [2.05, 4.69) is 17.1 Å². The molecule has 1 amide bonds. The summed E-state index contributed by atoms with van der Waals surface area (Å²) in [4.78, 5) is 14.4. The predicted molar refractivity (Wildman–Crippen MR) is 79.1 cm³/mol. The van der Waals surface area contributed by atoms with Crippen LogP contribution in [0.25, 0.3) is 0 Å². The highest BCUT2D eigenvalue weighted by Gasteiger charge is 2.20. The summed E-state index contributed by atoms with van der Waals surface area (Å²) >= 11 is 0. The van der Waals surface area contributed by atoms with Crippen molar-refractivity contribution < 1.29 is 4.79 Å². The van der Waals surface area contributed by atoms with Crippen LogP contribution in [0, 0.1) is 5.92 Å². The predicted octanol–water partition coefficient (Wildman–Crippen LogP) is 2.95. The molecular weight excluding hydrogens is 236 g/mol. The number of piperidine rings is 1. The third-order valence-electron chi connectivity index (χ3n) is 4.90. The molecule has 2 fully saturated rings. The van der Waals surface area contributed by atoms with Crippen LogP contribution in [0.3, 0.4) is 0 Å². The van der Waals surface area contributed by atoms with Gasteiger partial charge in [-0.15, -0.1) is 0 Å². The molecule has 1 saturated carbocycles. The third kappa shape index (κ3) is 5.13. The van der Waals surface area contributed by atoms with Crippen molar-refractivity contribution in [2.75, 3.05) is 19.6 Å². The standard InChI is InChI=1S/C16H30N2O/c1-2-18-12-10-15(11-13-18)17-16(19)9-8-14-6-4-3-5-7-14/h14-15H,2-13H2,1H3,(H,17,19). The minimum atomic E-state index is 0.292. The van der Waals surface area contributed by atoms with Gasteiger partial charge in [-0.25, -0.2) is 0 Å². The molecule has 1 heterocycles. The maximum absolute atomic E-state index is 12.0. The first-order valence-corrected chi connectivity index (χ1v) is 8.29. The van der Waals surface area contributed by atoms with E-state index in [4.69, 9.17) is 0 Å². The van der Waals surface area contributed by atoms with Crippen molar-refractivity contribution >= 4 is 5.91 Å². The van der Waals surface area contributed by atoms with E-state index in [0.717, 1.165) is 51.2 Å². The van der Waals surface area contributed by atoms with Crippen molar-refractivity contribution in [2.24, 2.45) is 5.92 Å². The van der Waals surface area contributed by atoms with Gasteiger partial charge >= 0.3 is 0 Å². The van der Waals surface area contributed by atoms with Gasteiger partial charge in [-0.1, -0.05) is 39.0 Å². The molecule has 110 valence electrons. The molecule has 0 aromatic heterocycles. The Hall–Kier alpha value is -0.570. The third-order valence-corrected chi connectivity index (χ3v) is 4.90. The lowest BCUT2D eigenvalue weighted by Crippen LogP contribution is -2.44. The number of nitrogens with zero attached hydrogens (tertiary/aromatic N) is 1. The molecule has 0 aromatic carbocycles. The second kappa shape index (κ2) is 7.88. The molecule has 0 radical (unpaired) electrons. The highest BCUT2D eigenvalue weighted by molar-refractivity contribution is 5.76. The van der Waals surface area contributed by atoms with Gasteiger partial charge in [0.05, 0.1) is 0 Å². The molecule has 3 heteroatoms. The zero-order chi connectivity index (χ0) is 13.5. The number of amides is 1. The summed E-state index contributed by atoms with van der Waals surface area (Å²) in [6.07, 6.45) is 11.0. The van der Waals surface area contributed by atoms with E-state index in [0.29, 0.717) is 11.9 Å². The number of rotatable bonds is 5. The smallest absolute Gasteiger partial charge is 0.220 e. The summed E-state index contributed by atoms with van der Waals surface area (Å²) in [6, 6.07) is 0.432. The van der Waals surface area contributed by atoms with E-state index >= 15 is 0 Å². The van der Waals surface area contributed by atoms with Gasteiger partial charge in [0, 0.05) is 25.6 Å². The van der Waals surface area contributed by atoms with Crippen molar-refractivity contribution in [2.45, 2.75) is 70.8 Å². The normalized spacial score (nSPS) is 23.4. The summed E-state index contributed by atoms with van der Waals surface area (Å²) in [7, 11) is 0. The van der Waals surface area contributed by atoms with Crippen LogP contribution >= 0.6 is 0 Å². The summed E-state index contributed by atoms with van der Waals surface area (Å²) < 4.78 is 0. The summed E-state index contributed by atoms with van der Waals surface area (Å²) in [5.41, 5.74) is 0. The molecule has 1 aliphatic carbocycles. The molecule has 2 aliphatic rings. The van der Waals surface area contributed by atoms with Crippen molar-refractivity contribution in [3.63, 3.8) is 0 Å². The highest BCUT2D eigenvalue weighted by Crippen LogP contribution is 2.27. The number of hydrogen-bond acceptors (Lipinski definition) is 2. The molecular formula is C16H30N2O. The van der Waals surface area contributed by atoms with E-state index < -0.39 is 0 Å². The molecule has 0 unspecified atom stereocenters.